The minimum atomic E-state index is -0.455. The number of halogens is 2. The molecule has 1 amide bonds. The average Bonchev–Trinajstić information content (AvgIpc) is 3.08. The number of nitrogens with zero attached hydrogens (tertiary/aromatic N) is 1. The summed E-state index contributed by atoms with van der Waals surface area (Å²) >= 11 is 12.5. The van der Waals surface area contributed by atoms with Gasteiger partial charge >= 0.3 is 5.97 Å². The standard InChI is InChI=1S/C24H23ClFNO5S2/c1-3-11-31-22(28)9-10-27-23(29)21(34-24(27)33)13-15-7-8-19(20(12-15)30-2)32-14-16-17(25)5-4-6-18(16)26/h4-8,12-13H,3,9-11,14H2,1-2H3/b21-13+. The second-order valence-corrected chi connectivity index (χ2v) is 9.29. The second-order valence-electron chi connectivity index (χ2n) is 7.20. The Balaban J connectivity index is 1.69. The summed E-state index contributed by atoms with van der Waals surface area (Å²) in [5.41, 5.74) is 0.938. The van der Waals surface area contributed by atoms with Gasteiger partial charge in [0.15, 0.2) is 11.5 Å². The first-order valence-corrected chi connectivity index (χ1v) is 12.1. The lowest BCUT2D eigenvalue weighted by atomic mass is 10.1. The van der Waals surface area contributed by atoms with Crippen LogP contribution in [-0.4, -0.2) is 41.4 Å². The first-order chi connectivity index (χ1) is 16.3. The molecule has 1 aliphatic heterocycles. The van der Waals surface area contributed by atoms with Crippen LogP contribution in [0.25, 0.3) is 6.08 Å². The third-order valence-corrected chi connectivity index (χ3v) is 6.53. The second kappa shape index (κ2) is 12.2. The molecule has 6 nitrogen and oxygen atoms in total. The maximum absolute atomic E-state index is 14.0. The summed E-state index contributed by atoms with van der Waals surface area (Å²) in [7, 11) is 1.49. The summed E-state index contributed by atoms with van der Waals surface area (Å²) in [5, 5.41) is 0.274. The molecule has 180 valence electrons. The molecule has 0 radical (unpaired) electrons. The van der Waals surface area contributed by atoms with E-state index in [-0.39, 0.29) is 42.0 Å². The summed E-state index contributed by atoms with van der Waals surface area (Å²) < 4.78 is 30.6. The van der Waals surface area contributed by atoms with Gasteiger partial charge in [-0.15, -0.1) is 0 Å². The average molecular weight is 524 g/mol. The van der Waals surface area contributed by atoms with Gasteiger partial charge in [0.2, 0.25) is 0 Å². The van der Waals surface area contributed by atoms with Gasteiger partial charge in [0.25, 0.3) is 5.91 Å². The van der Waals surface area contributed by atoms with E-state index in [4.69, 9.17) is 38.0 Å². The highest BCUT2D eigenvalue weighted by Crippen LogP contribution is 2.35. The van der Waals surface area contributed by atoms with Crippen molar-refractivity contribution in [3.05, 3.63) is 63.3 Å². The molecule has 2 aromatic carbocycles. The lowest BCUT2D eigenvalue weighted by Gasteiger charge is -2.14. The Morgan fingerprint density at radius 1 is 1.26 bits per heavy atom. The zero-order valence-electron chi connectivity index (χ0n) is 18.6. The number of carbonyl (C=O) groups is 2. The van der Waals surface area contributed by atoms with Gasteiger partial charge in [0, 0.05) is 12.1 Å². The highest BCUT2D eigenvalue weighted by atomic mass is 35.5. The third-order valence-electron chi connectivity index (χ3n) is 4.80. The Kier molecular flexibility index (Phi) is 9.32. The first kappa shape index (κ1) is 26.0. The van der Waals surface area contributed by atoms with Crippen LogP contribution in [0.5, 0.6) is 11.5 Å². The zero-order valence-corrected chi connectivity index (χ0v) is 21.0. The van der Waals surface area contributed by atoms with E-state index in [1.807, 2.05) is 6.92 Å². The van der Waals surface area contributed by atoms with Crippen molar-refractivity contribution in [2.24, 2.45) is 0 Å². The molecule has 0 unspecified atom stereocenters. The van der Waals surface area contributed by atoms with Crippen LogP contribution in [0, 0.1) is 5.82 Å². The molecule has 1 heterocycles. The highest BCUT2D eigenvalue weighted by molar-refractivity contribution is 8.26. The molecule has 0 spiro atoms. The molecule has 2 aromatic rings. The van der Waals surface area contributed by atoms with E-state index in [2.05, 4.69) is 0 Å². The Labute approximate surface area is 212 Å². The molecular formula is C24H23ClFNO5S2. The largest absolute Gasteiger partial charge is 0.493 e. The highest BCUT2D eigenvalue weighted by Gasteiger charge is 2.32. The van der Waals surface area contributed by atoms with Gasteiger partial charge in [-0.1, -0.05) is 54.6 Å². The maximum Gasteiger partial charge on any atom is 0.307 e. The molecule has 1 aliphatic rings. The molecule has 0 aliphatic carbocycles. The van der Waals surface area contributed by atoms with Gasteiger partial charge in [-0.05, 0) is 42.3 Å². The van der Waals surface area contributed by atoms with Crippen molar-refractivity contribution in [2.45, 2.75) is 26.4 Å². The summed E-state index contributed by atoms with van der Waals surface area (Å²) in [5.74, 6) is -0.278. The van der Waals surface area contributed by atoms with Crippen LogP contribution >= 0.6 is 35.6 Å². The monoisotopic (exact) mass is 523 g/mol. The molecule has 0 saturated carbocycles. The lowest BCUT2D eigenvalue weighted by Crippen LogP contribution is -2.30. The van der Waals surface area contributed by atoms with E-state index in [1.54, 1.807) is 30.3 Å². The van der Waals surface area contributed by atoms with Gasteiger partial charge < -0.3 is 14.2 Å². The van der Waals surface area contributed by atoms with Crippen LogP contribution in [-0.2, 0) is 20.9 Å². The van der Waals surface area contributed by atoms with E-state index >= 15 is 0 Å². The van der Waals surface area contributed by atoms with Crippen molar-refractivity contribution in [1.82, 2.24) is 4.90 Å². The predicted molar refractivity (Wildman–Crippen MR) is 134 cm³/mol. The quantitative estimate of drug-likeness (QED) is 0.228. The van der Waals surface area contributed by atoms with Crippen LogP contribution in [0.3, 0.4) is 0 Å². The summed E-state index contributed by atoms with van der Waals surface area (Å²) in [4.78, 5) is 26.4. The topological polar surface area (TPSA) is 65.1 Å². The molecule has 0 atom stereocenters. The summed E-state index contributed by atoms with van der Waals surface area (Å²) in [6.45, 7) is 2.36. The van der Waals surface area contributed by atoms with E-state index in [0.29, 0.717) is 32.9 Å². The number of thiocarbonyl (C=S) groups is 1. The molecule has 0 N–H and O–H groups in total. The molecule has 3 rings (SSSR count). The number of amides is 1. The molecule has 0 aromatic heterocycles. The minimum absolute atomic E-state index is 0.0689. The van der Waals surface area contributed by atoms with Crippen molar-refractivity contribution >= 4 is 57.9 Å². The number of thioether (sulfide) groups is 1. The van der Waals surface area contributed by atoms with E-state index in [0.717, 1.165) is 18.2 Å². The normalized spacial score (nSPS) is 14.6. The molecule has 34 heavy (non-hydrogen) atoms. The third kappa shape index (κ3) is 6.49. The number of benzene rings is 2. The zero-order chi connectivity index (χ0) is 24.7. The fraction of sp³-hybridized carbons (Fsp3) is 0.292. The van der Waals surface area contributed by atoms with Crippen LogP contribution in [0.1, 0.15) is 30.9 Å². The number of hydrogen-bond donors (Lipinski definition) is 0. The molecule has 1 fully saturated rings. The lowest BCUT2D eigenvalue weighted by molar-refractivity contribution is -0.143. The van der Waals surface area contributed by atoms with Crippen molar-refractivity contribution in [3.63, 3.8) is 0 Å². The Hall–Kier alpha value is -2.62. The van der Waals surface area contributed by atoms with Gasteiger partial charge in [-0.3, -0.25) is 14.5 Å². The van der Waals surface area contributed by atoms with Gasteiger partial charge in [0.05, 0.1) is 30.1 Å². The molecule has 10 heteroatoms. The fourth-order valence-corrected chi connectivity index (χ4v) is 4.57. The Morgan fingerprint density at radius 3 is 2.76 bits per heavy atom. The minimum Gasteiger partial charge on any atom is -0.493 e. The smallest absolute Gasteiger partial charge is 0.307 e. The summed E-state index contributed by atoms with van der Waals surface area (Å²) in [6.07, 6.45) is 2.50. The van der Waals surface area contributed by atoms with Gasteiger partial charge in [-0.2, -0.15) is 0 Å². The van der Waals surface area contributed by atoms with Crippen molar-refractivity contribution in [1.29, 1.82) is 0 Å². The van der Waals surface area contributed by atoms with Crippen LogP contribution < -0.4 is 9.47 Å². The van der Waals surface area contributed by atoms with E-state index < -0.39 is 5.82 Å². The van der Waals surface area contributed by atoms with Crippen LogP contribution in [0.2, 0.25) is 5.02 Å². The molecular weight excluding hydrogens is 501 g/mol. The van der Waals surface area contributed by atoms with Crippen LogP contribution in [0.15, 0.2) is 41.3 Å². The first-order valence-electron chi connectivity index (χ1n) is 10.5. The number of rotatable bonds is 10. The van der Waals surface area contributed by atoms with Gasteiger partial charge in [0.1, 0.15) is 16.7 Å². The van der Waals surface area contributed by atoms with Crippen molar-refractivity contribution in [3.8, 4) is 11.5 Å². The number of esters is 1. The Morgan fingerprint density at radius 2 is 2.06 bits per heavy atom. The van der Waals surface area contributed by atoms with Gasteiger partial charge in [-0.25, -0.2) is 4.39 Å². The number of methoxy groups -OCH3 is 1. The predicted octanol–water partition coefficient (Wildman–Crippen LogP) is 5.61. The van der Waals surface area contributed by atoms with Crippen molar-refractivity contribution < 1.29 is 28.2 Å². The molecule has 1 saturated heterocycles. The Bertz CT molecular complexity index is 1100. The number of ether oxygens (including phenoxy) is 3. The SMILES string of the molecule is CCCOC(=O)CCN1C(=O)/C(=C\c2ccc(OCc3c(F)cccc3Cl)c(OC)c2)SC1=S. The van der Waals surface area contributed by atoms with Crippen LogP contribution in [0.4, 0.5) is 4.39 Å². The number of hydrogen-bond acceptors (Lipinski definition) is 7. The fourth-order valence-electron chi connectivity index (χ4n) is 3.05. The van der Waals surface area contributed by atoms with Crippen molar-refractivity contribution in [2.75, 3.05) is 20.3 Å². The molecule has 0 bridgehead atoms. The maximum atomic E-state index is 14.0. The van der Waals surface area contributed by atoms with E-state index in [9.17, 15) is 14.0 Å². The summed E-state index contributed by atoms with van der Waals surface area (Å²) in [6, 6.07) is 9.55. The van der Waals surface area contributed by atoms with E-state index in [1.165, 1.54) is 24.1 Å². The number of carbonyl (C=O) groups excluding carboxylic acids is 2.